The van der Waals surface area contributed by atoms with E-state index in [2.05, 4.69) is 15.6 Å². The third kappa shape index (κ3) is 6.31. The molecule has 0 saturated carbocycles. The number of nitrogens with zero attached hydrogens (tertiary/aromatic N) is 1. The van der Waals surface area contributed by atoms with Crippen molar-refractivity contribution in [2.45, 2.75) is 12.8 Å². The number of benzene rings is 1. The number of aromatic nitrogens is 1. The lowest BCUT2D eigenvalue weighted by Crippen LogP contribution is -2.34. The average molecular weight is 390 g/mol. The van der Waals surface area contributed by atoms with Crippen LogP contribution in [0.25, 0.3) is 0 Å². The maximum absolute atomic E-state index is 11.8. The zero-order valence-corrected chi connectivity index (χ0v) is 15.0. The zero-order valence-electron chi connectivity index (χ0n) is 11.8. The number of nitrogens with one attached hydrogen (secondary N) is 2. The van der Waals surface area contributed by atoms with Gasteiger partial charge in [-0.15, -0.1) is 11.3 Å². The van der Waals surface area contributed by atoms with E-state index in [1.54, 1.807) is 24.4 Å². The number of amides is 1. The van der Waals surface area contributed by atoms with Gasteiger partial charge in [-0.2, -0.15) is 0 Å². The molecule has 0 saturated heterocycles. The van der Waals surface area contributed by atoms with Crippen molar-refractivity contribution in [1.82, 2.24) is 10.3 Å². The second kappa shape index (κ2) is 9.02. The van der Waals surface area contributed by atoms with Gasteiger partial charge in [0, 0.05) is 23.0 Å². The Morgan fingerprint density at radius 1 is 1.39 bits per heavy atom. The van der Waals surface area contributed by atoms with Crippen LogP contribution in [0, 0.1) is 0 Å². The van der Waals surface area contributed by atoms with Crippen LogP contribution in [0.2, 0.25) is 10.0 Å². The number of anilines is 1. The van der Waals surface area contributed by atoms with Crippen molar-refractivity contribution in [2.24, 2.45) is 0 Å². The maximum Gasteiger partial charge on any atom is 0.226 e. The standard InChI is InChI=1S/C14H13Cl2N3O2S2/c15-9-3-4-11(10(16)8-9)21-6-1-2-12(20)18-13(22)19-14-17-5-7-23-14/h3-5,7-8H,1-2,6H2,(H2,17,18,19,20,22). The SMILES string of the molecule is O=C(CCCOc1ccc(Cl)cc1Cl)NC(=S)Nc1nccs1. The predicted molar refractivity (Wildman–Crippen MR) is 97.7 cm³/mol. The number of hydrogen-bond acceptors (Lipinski definition) is 5. The normalized spacial score (nSPS) is 10.2. The molecular weight excluding hydrogens is 377 g/mol. The van der Waals surface area contributed by atoms with Gasteiger partial charge in [0.05, 0.1) is 11.6 Å². The van der Waals surface area contributed by atoms with E-state index in [1.165, 1.54) is 11.3 Å². The number of rotatable bonds is 6. The number of carbonyl (C=O) groups excluding carboxylic acids is 1. The highest BCUT2D eigenvalue weighted by Crippen LogP contribution is 2.27. The minimum absolute atomic E-state index is 0.190. The first kappa shape index (κ1) is 17.9. The molecule has 0 aliphatic carbocycles. The third-order valence-corrected chi connectivity index (χ3v) is 4.03. The first-order valence-corrected chi connectivity index (χ1v) is 8.67. The van der Waals surface area contributed by atoms with E-state index in [0.717, 1.165) is 0 Å². The van der Waals surface area contributed by atoms with Crippen LogP contribution in [-0.2, 0) is 4.79 Å². The van der Waals surface area contributed by atoms with Crippen molar-refractivity contribution >= 4 is 62.9 Å². The van der Waals surface area contributed by atoms with Gasteiger partial charge in [-0.25, -0.2) is 4.98 Å². The number of carbonyl (C=O) groups is 1. The molecule has 0 spiro atoms. The van der Waals surface area contributed by atoms with Gasteiger partial charge in [-0.1, -0.05) is 23.2 Å². The van der Waals surface area contributed by atoms with Crippen LogP contribution in [-0.4, -0.2) is 22.6 Å². The van der Waals surface area contributed by atoms with Gasteiger partial charge >= 0.3 is 0 Å². The number of thiazole rings is 1. The number of thiocarbonyl (C=S) groups is 1. The molecule has 9 heteroatoms. The van der Waals surface area contributed by atoms with Gasteiger partial charge in [0.15, 0.2) is 10.2 Å². The smallest absolute Gasteiger partial charge is 0.226 e. The van der Waals surface area contributed by atoms with Crippen LogP contribution in [0.3, 0.4) is 0 Å². The summed E-state index contributed by atoms with van der Waals surface area (Å²) in [6, 6.07) is 4.99. The molecule has 0 aliphatic heterocycles. The summed E-state index contributed by atoms with van der Waals surface area (Å²) in [7, 11) is 0. The molecule has 0 unspecified atom stereocenters. The van der Waals surface area contributed by atoms with Crippen molar-refractivity contribution in [1.29, 1.82) is 0 Å². The highest BCUT2D eigenvalue weighted by Gasteiger charge is 2.07. The Morgan fingerprint density at radius 2 is 2.22 bits per heavy atom. The van der Waals surface area contributed by atoms with Crippen molar-refractivity contribution in [3.05, 3.63) is 39.8 Å². The summed E-state index contributed by atoms with van der Waals surface area (Å²) in [4.78, 5) is 15.8. The lowest BCUT2D eigenvalue weighted by Gasteiger charge is -2.09. The largest absolute Gasteiger partial charge is 0.492 e. The van der Waals surface area contributed by atoms with Gasteiger partial charge in [0.25, 0.3) is 0 Å². The quantitative estimate of drug-likeness (QED) is 0.574. The summed E-state index contributed by atoms with van der Waals surface area (Å²) in [6.45, 7) is 0.363. The molecule has 23 heavy (non-hydrogen) atoms. The van der Waals surface area contributed by atoms with E-state index in [9.17, 15) is 4.79 Å². The van der Waals surface area contributed by atoms with E-state index in [0.29, 0.717) is 34.0 Å². The molecule has 0 fully saturated rings. The van der Waals surface area contributed by atoms with Crippen molar-refractivity contribution in [3.8, 4) is 5.75 Å². The molecule has 2 aromatic rings. The Morgan fingerprint density at radius 3 is 2.91 bits per heavy atom. The van der Waals surface area contributed by atoms with E-state index in [-0.39, 0.29) is 17.4 Å². The van der Waals surface area contributed by atoms with Crippen LogP contribution in [0.1, 0.15) is 12.8 Å². The Balaban J connectivity index is 1.65. The topological polar surface area (TPSA) is 63.2 Å². The van der Waals surface area contributed by atoms with Crippen LogP contribution in [0.15, 0.2) is 29.8 Å². The Hall–Kier alpha value is -1.41. The van der Waals surface area contributed by atoms with Crippen molar-refractivity contribution in [2.75, 3.05) is 11.9 Å². The van der Waals surface area contributed by atoms with E-state index in [4.69, 9.17) is 40.2 Å². The Bertz CT molecular complexity index is 681. The summed E-state index contributed by atoms with van der Waals surface area (Å²) in [5.74, 6) is 0.349. The maximum atomic E-state index is 11.8. The van der Waals surface area contributed by atoms with Gasteiger partial charge < -0.3 is 15.4 Å². The molecule has 0 bridgehead atoms. The average Bonchev–Trinajstić information content (AvgIpc) is 2.98. The van der Waals surface area contributed by atoms with E-state index >= 15 is 0 Å². The molecule has 2 rings (SSSR count). The minimum atomic E-state index is -0.190. The molecule has 0 aliphatic rings. The van der Waals surface area contributed by atoms with Crippen LogP contribution >= 0.6 is 46.8 Å². The van der Waals surface area contributed by atoms with Crippen LogP contribution in [0.4, 0.5) is 5.13 Å². The lowest BCUT2D eigenvalue weighted by molar-refractivity contribution is -0.119. The minimum Gasteiger partial charge on any atom is -0.492 e. The van der Waals surface area contributed by atoms with E-state index in [1.807, 2.05) is 5.38 Å². The molecule has 2 N–H and O–H groups in total. The van der Waals surface area contributed by atoms with E-state index < -0.39 is 0 Å². The third-order valence-electron chi connectivity index (χ3n) is 2.61. The second-order valence-corrected chi connectivity index (χ2v) is 6.51. The summed E-state index contributed by atoms with van der Waals surface area (Å²) < 4.78 is 5.51. The first-order chi connectivity index (χ1) is 11.0. The number of ether oxygens (including phenoxy) is 1. The van der Waals surface area contributed by atoms with Gasteiger partial charge in [-0.3, -0.25) is 4.79 Å². The lowest BCUT2D eigenvalue weighted by atomic mass is 10.3. The summed E-state index contributed by atoms with van der Waals surface area (Å²) >= 11 is 18.2. The van der Waals surface area contributed by atoms with Gasteiger partial charge in [-0.05, 0) is 36.8 Å². The fraction of sp³-hybridized carbons (Fsp3) is 0.214. The molecule has 122 valence electrons. The first-order valence-electron chi connectivity index (χ1n) is 6.63. The molecule has 5 nitrogen and oxygen atoms in total. The summed E-state index contributed by atoms with van der Waals surface area (Å²) in [5.41, 5.74) is 0. The van der Waals surface area contributed by atoms with Crippen molar-refractivity contribution < 1.29 is 9.53 Å². The van der Waals surface area contributed by atoms with Crippen molar-refractivity contribution in [3.63, 3.8) is 0 Å². The number of halogens is 2. The summed E-state index contributed by atoms with van der Waals surface area (Å²) in [5, 5.41) is 9.07. The Labute approximate surface area is 153 Å². The monoisotopic (exact) mass is 389 g/mol. The molecule has 1 aromatic heterocycles. The van der Waals surface area contributed by atoms with Crippen LogP contribution in [0.5, 0.6) is 5.75 Å². The molecule has 1 heterocycles. The fourth-order valence-electron chi connectivity index (χ4n) is 1.61. The highest BCUT2D eigenvalue weighted by atomic mass is 35.5. The molecule has 0 atom stereocenters. The van der Waals surface area contributed by atoms with Gasteiger partial charge in [0.1, 0.15) is 5.75 Å². The predicted octanol–water partition coefficient (Wildman–Crippen LogP) is 4.12. The molecular formula is C14H13Cl2N3O2S2. The van der Waals surface area contributed by atoms with Crippen LogP contribution < -0.4 is 15.4 Å². The fourth-order valence-corrected chi connectivity index (χ4v) is 2.88. The molecule has 1 aromatic carbocycles. The second-order valence-electron chi connectivity index (χ2n) is 4.37. The Kier molecular flexibility index (Phi) is 7.04. The summed E-state index contributed by atoms with van der Waals surface area (Å²) in [6.07, 6.45) is 2.46. The van der Waals surface area contributed by atoms with Gasteiger partial charge in [0.2, 0.25) is 5.91 Å². The highest BCUT2D eigenvalue weighted by molar-refractivity contribution is 7.80. The number of hydrogen-bond donors (Lipinski definition) is 2. The molecule has 0 radical (unpaired) electrons. The zero-order chi connectivity index (χ0) is 16.7. The molecule has 1 amide bonds.